The van der Waals surface area contributed by atoms with Gasteiger partial charge in [0.05, 0.1) is 12.1 Å². The van der Waals surface area contributed by atoms with Crippen molar-refractivity contribution < 1.29 is 9.59 Å². The van der Waals surface area contributed by atoms with Crippen LogP contribution in [0.5, 0.6) is 0 Å². The standard InChI is InChI=1S/C10H18N4O2S/c11-14-8(15)4-2-1-3-7-9-6(5-17-7)12-10(16)13-9/h6-7,9H,1-5,11H2,(H,14,15)(H2,12,13,16)/t6-,7-,9-/m1/s1. The third-order valence-electron chi connectivity index (χ3n) is 3.24. The highest BCUT2D eigenvalue weighted by Gasteiger charge is 2.42. The van der Waals surface area contributed by atoms with Gasteiger partial charge < -0.3 is 10.6 Å². The van der Waals surface area contributed by atoms with Crippen molar-refractivity contribution in [2.24, 2.45) is 5.84 Å². The first kappa shape index (κ1) is 12.5. The summed E-state index contributed by atoms with van der Waals surface area (Å²) in [6.07, 6.45) is 3.35. The first-order valence-electron chi connectivity index (χ1n) is 5.89. The number of unbranched alkanes of at least 4 members (excludes halogenated alkanes) is 1. The van der Waals surface area contributed by atoms with Crippen LogP contribution in [0.2, 0.25) is 0 Å². The lowest BCUT2D eigenvalue weighted by Gasteiger charge is -2.16. The van der Waals surface area contributed by atoms with Crippen molar-refractivity contribution in [1.29, 1.82) is 0 Å². The molecular weight excluding hydrogens is 240 g/mol. The highest BCUT2D eigenvalue weighted by molar-refractivity contribution is 8.00. The molecule has 3 amide bonds. The highest BCUT2D eigenvalue weighted by atomic mass is 32.2. The Labute approximate surface area is 104 Å². The second-order valence-corrected chi connectivity index (χ2v) is 5.71. The van der Waals surface area contributed by atoms with Gasteiger partial charge in [0.1, 0.15) is 0 Å². The Balaban J connectivity index is 1.66. The number of nitrogens with one attached hydrogen (secondary N) is 3. The van der Waals surface area contributed by atoms with E-state index in [1.807, 2.05) is 11.8 Å². The molecule has 2 aliphatic rings. The van der Waals surface area contributed by atoms with E-state index in [2.05, 4.69) is 16.1 Å². The number of hydrogen-bond donors (Lipinski definition) is 4. The molecule has 3 atom stereocenters. The zero-order valence-corrected chi connectivity index (χ0v) is 10.4. The predicted molar refractivity (Wildman–Crippen MR) is 66.3 cm³/mol. The van der Waals surface area contributed by atoms with Crippen molar-refractivity contribution in [3.8, 4) is 0 Å². The highest BCUT2D eigenvalue weighted by Crippen LogP contribution is 2.33. The summed E-state index contributed by atoms with van der Waals surface area (Å²) in [5, 5.41) is 6.34. The number of nitrogens with two attached hydrogens (primary N) is 1. The first-order chi connectivity index (χ1) is 8.20. The largest absolute Gasteiger partial charge is 0.332 e. The monoisotopic (exact) mass is 258 g/mol. The van der Waals surface area contributed by atoms with Crippen molar-refractivity contribution in [2.45, 2.75) is 43.0 Å². The van der Waals surface area contributed by atoms with Crippen LogP contribution in [-0.2, 0) is 4.79 Å². The lowest BCUT2D eigenvalue weighted by Crippen LogP contribution is -2.36. The number of thioether (sulfide) groups is 1. The minimum Gasteiger partial charge on any atom is -0.332 e. The number of carbonyl (C=O) groups excluding carboxylic acids is 2. The second kappa shape index (κ2) is 5.59. The van der Waals surface area contributed by atoms with Gasteiger partial charge in [0.2, 0.25) is 5.91 Å². The van der Waals surface area contributed by atoms with E-state index in [9.17, 15) is 9.59 Å². The van der Waals surface area contributed by atoms with Crippen LogP contribution >= 0.6 is 11.8 Å². The number of carbonyl (C=O) groups is 2. The summed E-state index contributed by atoms with van der Waals surface area (Å²) >= 11 is 1.90. The molecule has 0 radical (unpaired) electrons. The summed E-state index contributed by atoms with van der Waals surface area (Å²) in [6, 6.07) is 0.494. The van der Waals surface area contributed by atoms with Crippen molar-refractivity contribution in [1.82, 2.24) is 16.1 Å². The summed E-state index contributed by atoms with van der Waals surface area (Å²) in [4.78, 5) is 22.1. The molecule has 2 heterocycles. The molecule has 2 fully saturated rings. The normalized spacial score (nSPS) is 30.6. The molecule has 2 aliphatic heterocycles. The van der Waals surface area contributed by atoms with Gasteiger partial charge in [0.25, 0.3) is 0 Å². The summed E-state index contributed by atoms with van der Waals surface area (Å²) < 4.78 is 0. The second-order valence-electron chi connectivity index (χ2n) is 4.44. The molecule has 0 unspecified atom stereocenters. The molecular formula is C10H18N4O2S. The van der Waals surface area contributed by atoms with E-state index in [1.54, 1.807) is 0 Å². The molecule has 6 nitrogen and oxygen atoms in total. The lowest BCUT2D eigenvalue weighted by atomic mass is 10.0. The number of hydrazine groups is 1. The van der Waals surface area contributed by atoms with Crippen LogP contribution in [0.3, 0.4) is 0 Å². The quantitative estimate of drug-likeness (QED) is 0.179. The molecule has 0 aromatic rings. The van der Waals surface area contributed by atoms with Gasteiger partial charge in [0.15, 0.2) is 0 Å². The van der Waals surface area contributed by atoms with Crippen LogP contribution in [0, 0.1) is 0 Å². The van der Waals surface area contributed by atoms with Gasteiger partial charge in [-0.05, 0) is 12.8 Å². The van der Waals surface area contributed by atoms with E-state index in [0.717, 1.165) is 25.0 Å². The van der Waals surface area contributed by atoms with E-state index in [1.165, 1.54) is 0 Å². The molecule has 17 heavy (non-hydrogen) atoms. The first-order valence-corrected chi connectivity index (χ1v) is 6.93. The molecule has 0 aliphatic carbocycles. The Kier molecular flexibility index (Phi) is 4.11. The minimum absolute atomic E-state index is 0.0483. The Morgan fingerprint density at radius 1 is 1.47 bits per heavy atom. The molecule has 5 N–H and O–H groups in total. The fourth-order valence-corrected chi connectivity index (χ4v) is 3.89. The van der Waals surface area contributed by atoms with Gasteiger partial charge in [-0.25, -0.2) is 10.6 Å². The van der Waals surface area contributed by atoms with Crippen LogP contribution in [0.4, 0.5) is 4.79 Å². The molecule has 2 rings (SSSR count). The van der Waals surface area contributed by atoms with Crippen LogP contribution < -0.4 is 21.9 Å². The van der Waals surface area contributed by atoms with Gasteiger partial charge >= 0.3 is 6.03 Å². The topological polar surface area (TPSA) is 96.2 Å². The van der Waals surface area contributed by atoms with Crippen LogP contribution in [0.1, 0.15) is 25.7 Å². The maximum atomic E-state index is 11.2. The number of rotatable bonds is 5. The van der Waals surface area contributed by atoms with Crippen molar-refractivity contribution in [2.75, 3.05) is 5.75 Å². The summed E-state index contributed by atoms with van der Waals surface area (Å²) in [5.74, 6) is 5.87. The predicted octanol–water partition coefficient (Wildman–Crippen LogP) is -0.298. The van der Waals surface area contributed by atoms with E-state index in [4.69, 9.17) is 5.84 Å². The number of hydrogen-bond acceptors (Lipinski definition) is 4. The molecule has 7 heteroatoms. The van der Waals surface area contributed by atoms with E-state index in [-0.39, 0.29) is 24.0 Å². The van der Waals surface area contributed by atoms with Crippen molar-refractivity contribution >= 4 is 23.7 Å². The SMILES string of the molecule is NNC(=O)CCCC[C@H]1SC[C@H]2NC(=O)N[C@H]21. The molecule has 0 bridgehead atoms. The lowest BCUT2D eigenvalue weighted by molar-refractivity contribution is -0.121. The van der Waals surface area contributed by atoms with Gasteiger partial charge in [-0.15, -0.1) is 0 Å². The Morgan fingerprint density at radius 2 is 2.29 bits per heavy atom. The Morgan fingerprint density at radius 3 is 3.06 bits per heavy atom. The van der Waals surface area contributed by atoms with Gasteiger partial charge in [-0.3, -0.25) is 10.2 Å². The maximum absolute atomic E-state index is 11.2. The maximum Gasteiger partial charge on any atom is 0.315 e. The molecule has 2 saturated heterocycles. The van der Waals surface area contributed by atoms with E-state index in [0.29, 0.717) is 11.7 Å². The Hall–Kier alpha value is -0.950. The van der Waals surface area contributed by atoms with Crippen LogP contribution in [0.25, 0.3) is 0 Å². The van der Waals surface area contributed by atoms with Crippen molar-refractivity contribution in [3.63, 3.8) is 0 Å². The van der Waals surface area contributed by atoms with Gasteiger partial charge in [-0.1, -0.05) is 6.42 Å². The summed E-state index contributed by atoms with van der Waals surface area (Å²) in [7, 11) is 0. The number of amides is 3. The molecule has 96 valence electrons. The van der Waals surface area contributed by atoms with E-state index < -0.39 is 0 Å². The van der Waals surface area contributed by atoms with Crippen LogP contribution in [-0.4, -0.2) is 35.0 Å². The zero-order valence-electron chi connectivity index (χ0n) is 9.57. The summed E-state index contributed by atoms with van der Waals surface area (Å²) in [6.45, 7) is 0. The zero-order chi connectivity index (χ0) is 12.3. The molecule has 0 aromatic heterocycles. The Bertz CT molecular complexity index is 313. The summed E-state index contributed by atoms with van der Waals surface area (Å²) in [5.41, 5.74) is 2.13. The average molecular weight is 258 g/mol. The minimum atomic E-state index is -0.113. The van der Waals surface area contributed by atoms with Crippen molar-refractivity contribution in [3.05, 3.63) is 0 Å². The van der Waals surface area contributed by atoms with E-state index >= 15 is 0 Å². The van der Waals surface area contributed by atoms with Gasteiger partial charge in [0, 0.05) is 17.4 Å². The fraction of sp³-hybridized carbons (Fsp3) is 0.800. The molecule has 0 saturated carbocycles. The van der Waals surface area contributed by atoms with Crippen LogP contribution in [0.15, 0.2) is 0 Å². The third-order valence-corrected chi connectivity index (χ3v) is 4.75. The van der Waals surface area contributed by atoms with Gasteiger partial charge in [-0.2, -0.15) is 11.8 Å². The fourth-order valence-electron chi connectivity index (χ4n) is 2.35. The number of fused-ring (bicyclic) bond motifs is 1. The molecule has 0 aromatic carbocycles. The molecule has 0 spiro atoms. The number of urea groups is 1. The smallest absolute Gasteiger partial charge is 0.315 e. The third kappa shape index (κ3) is 3.04. The average Bonchev–Trinajstić information content (AvgIpc) is 2.84.